The molecule has 0 aromatic heterocycles. The highest BCUT2D eigenvalue weighted by atomic mass is 32.2. The fourth-order valence-electron chi connectivity index (χ4n) is 2.80. The minimum absolute atomic E-state index is 0.420. The number of hydrogen-bond acceptors (Lipinski definition) is 3. The lowest BCUT2D eigenvalue weighted by Gasteiger charge is -2.34. The Balaban J connectivity index is 1.74. The van der Waals surface area contributed by atoms with E-state index in [1.807, 2.05) is 11.8 Å². The van der Waals surface area contributed by atoms with Crippen molar-refractivity contribution in [1.29, 1.82) is 0 Å². The molecular formula is C13H25NOS. The number of hydrogen-bond donors (Lipinski definition) is 2. The van der Waals surface area contributed by atoms with E-state index >= 15 is 0 Å². The van der Waals surface area contributed by atoms with Crippen molar-refractivity contribution < 1.29 is 5.11 Å². The molecule has 2 N–H and O–H groups in total. The molecule has 2 nitrogen and oxygen atoms in total. The van der Waals surface area contributed by atoms with Crippen molar-refractivity contribution in [3.8, 4) is 0 Å². The van der Waals surface area contributed by atoms with Crippen LogP contribution < -0.4 is 5.32 Å². The fourth-order valence-corrected chi connectivity index (χ4v) is 4.10. The Bertz CT molecular complexity index is 228. The number of nitrogens with one attached hydrogen (secondary N) is 1. The van der Waals surface area contributed by atoms with E-state index in [-0.39, 0.29) is 0 Å². The molecule has 2 rings (SSSR count). The van der Waals surface area contributed by atoms with Crippen molar-refractivity contribution in [2.24, 2.45) is 11.8 Å². The van der Waals surface area contributed by atoms with Gasteiger partial charge in [-0.05, 0) is 43.3 Å². The Hall–Kier alpha value is 0.270. The predicted molar refractivity (Wildman–Crippen MR) is 70.9 cm³/mol. The largest absolute Gasteiger partial charge is 0.388 e. The lowest BCUT2D eigenvalue weighted by atomic mass is 9.79. The second kappa shape index (κ2) is 5.28. The SMILES string of the molecule is C[C@@H]1CC[C@H](NC[C@@]2(O)CCSC2)C[C@H]1C. The Labute approximate surface area is 104 Å². The molecule has 94 valence electrons. The summed E-state index contributed by atoms with van der Waals surface area (Å²) >= 11 is 1.88. The smallest absolute Gasteiger partial charge is 0.0869 e. The summed E-state index contributed by atoms with van der Waals surface area (Å²) in [6, 6.07) is 0.640. The average molecular weight is 243 g/mol. The van der Waals surface area contributed by atoms with Crippen molar-refractivity contribution in [2.45, 2.75) is 51.2 Å². The van der Waals surface area contributed by atoms with E-state index in [1.54, 1.807) is 0 Å². The van der Waals surface area contributed by atoms with E-state index in [0.29, 0.717) is 6.04 Å². The Morgan fingerprint density at radius 2 is 2.12 bits per heavy atom. The van der Waals surface area contributed by atoms with E-state index in [4.69, 9.17) is 0 Å². The Kier molecular flexibility index (Phi) is 4.20. The highest BCUT2D eigenvalue weighted by Gasteiger charge is 2.33. The molecular weight excluding hydrogens is 218 g/mol. The van der Waals surface area contributed by atoms with Gasteiger partial charge in [-0.2, -0.15) is 11.8 Å². The highest BCUT2D eigenvalue weighted by molar-refractivity contribution is 7.99. The lowest BCUT2D eigenvalue weighted by Crippen LogP contribution is -2.46. The first-order valence-corrected chi connectivity index (χ1v) is 7.78. The average Bonchev–Trinajstić information content (AvgIpc) is 2.68. The summed E-state index contributed by atoms with van der Waals surface area (Å²) in [5.74, 6) is 3.75. The van der Waals surface area contributed by atoms with Gasteiger partial charge in [0.05, 0.1) is 5.60 Å². The summed E-state index contributed by atoms with van der Waals surface area (Å²) in [5, 5.41) is 13.8. The fraction of sp³-hybridized carbons (Fsp3) is 1.00. The summed E-state index contributed by atoms with van der Waals surface area (Å²) < 4.78 is 0. The second-order valence-electron chi connectivity index (χ2n) is 5.87. The monoisotopic (exact) mass is 243 g/mol. The van der Waals surface area contributed by atoms with E-state index < -0.39 is 5.60 Å². The van der Waals surface area contributed by atoms with E-state index in [2.05, 4.69) is 19.2 Å². The summed E-state index contributed by atoms with van der Waals surface area (Å²) in [6.45, 7) is 5.52. The van der Waals surface area contributed by atoms with Gasteiger partial charge in [-0.1, -0.05) is 13.8 Å². The molecule has 1 aliphatic heterocycles. The first-order chi connectivity index (χ1) is 7.59. The zero-order chi connectivity index (χ0) is 11.6. The van der Waals surface area contributed by atoms with Crippen LogP contribution in [-0.2, 0) is 0 Å². The van der Waals surface area contributed by atoms with Crippen LogP contribution in [0.5, 0.6) is 0 Å². The molecule has 0 bridgehead atoms. The molecule has 2 fully saturated rings. The number of thioether (sulfide) groups is 1. The lowest BCUT2D eigenvalue weighted by molar-refractivity contribution is 0.0603. The van der Waals surface area contributed by atoms with Crippen molar-refractivity contribution in [3.05, 3.63) is 0 Å². The zero-order valence-corrected chi connectivity index (χ0v) is 11.4. The third kappa shape index (κ3) is 3.14. The van der Waals surface area contributed by atoms with Crippen LogP contribution in [0.15, 0.2) is 0 Å². The van der Waals surface area contributed by atoms with Crippen molar-refractivity contribution in [1.82, 2.24) is 5.32 Å². The third-order valence-corrected chi connectivity index (χ3v) is 5.63. The first-order valence-electron chi connectivity index (χ1n) is 6.62. The molecule has 1 heterocycles. The molecule has 1 saturated heterocycles. The Morgan fingerprint density at radius 1 is 1.31 bits per heavy atom. The van der Waals surface area contributed by atoms with E-state index in [9.17, 15) is 5.11 Å². The molecule has 2 aliphatic rings. The second-order valence-corrected chi connectivity index (χ2v) is 6.98. The van der Waals surface area contributed by atoms with Crippen LogP contribution >= 0.6 is 11.8 Å². The molecule has 0 unspecified atom stereocenters. The summed E-state index contributed by atoms with van der Waals surface area (Å²) in [6.07, 6.45) is 4.87. The van der Waals surface area contributed by atoms with Crippen LogP contribution in [0, 0.1) is 11.8 Å². The van der Waals surface area contributed by atoms with Crippen molar-refractivity contribution in [2.75, 3.05) is 18.1 Å². The Morgan fingerprint density at radius 3 is 2.75 bits per heavy atom. The van der Waals surface area contributed by atoms with Gasteiger partial charge >= 0.3 is 0 Å². The minimum Gasteiger partial charge on any atom is -0.388 e. The van der Waals surface area contributed by atoms with E-state index in [0.717, 1.165) is 36.3 Å². The van der Waals surface area contributed by atoms with Gasteiger partial charge < -0.3 is 10.4 Å². The maximum atomic E-state index is 10.3. The van der Waals surface area contributed by atoms with Crippen LogP contribution in [0.25, 0.3) is 0 Å². The number of rotatable bonds is 3. The van der Waals surface area contributed by atoms with Gasteiger partial charge in [0.2, 0.25) is 0 Å². The highest BCUT2D eigenvalue weighted by Crippen LogP contribution is 2.31. The topological polar surface area (TPSA) is 32.3 Å². The summed E-state index contributed by atoms with van der Waals surface area (Å²) in [4.78, 5) is 0. The molecule has 1 saturated carbocycles. The molecule has 0 aromatic rings. The van der Waals surface area contributed by atoms with Gasteiger partial charge in [-0.3, -0.25) is 0 Å². The maximum absolute atomic E-state index is 10.3. The third-order valence-electron chi connectivity index (χ3n) is 4.40. The van der Waals surface area contributed by atoms with Crippen LogP contribution in [0.3, 0.4) is 0 Å². The van der Waals surface area contributed by atoms with Gasteiger partial charge in [-0.25, -0.2) is 0 Å². The molecule has 0 amide bonds. The van der Waals surface area contributed by atoms with E-state index in [1.165, 1.54) is 19.3 Å². The quantitative estimate of drug-likeness (QED) is 0.797. The zero-order valence-electron chi connectivity index (χ0n) is 10.5. The first kappa shape index (κ1) is 12.7. The molecule has 16 heavy (non-hydrogen) atoms. The minimum atomic E-state index is -0.420. The van der Waals surface area contributed by atoms with Crippen LogP contribution in [0.1, 0.15) is 39.5 Å². The van der Waals surface area contributed by atoms with Gasteiger partial charge in [0.1, 0.15) is 0 Å². The number of aliphatic hydroxyl groups is 1. The molecule has 3 heteroatoms. The van der Waals surface area contributed by atoms with Crippen LogP contribution in [-0.4, -0.2) is 34.8 Å². The molecule has 1 aliphatic carbocycles. The van der Waals surface area contributed by atoms with Gasteiger partial charge in [0.15, 0.2) is 0 Å². The maximum Gasteiger partial charge on any atom is 0.0869 e. The van der Waals surface area contributed by atoms with Crippen molar-refractivity contribution >= 4 is 11.8 Å². The molecule has 0 radical (unpaired) electrons. The summed E-state index contributed by atoms with van der Waals surface area (Å²) in [5.41, 5.74) is -0.420. The molecule has 0 spiro atoms. The van der Waals surface area contributed by atoms with Crippen molar-refractivity contribution in [3.63, 3.8) is 0 Å². The molecule has 4 atom stereocenters. The normalized spacial score (nSPS) is 44.8. The van der Waals surface area contributed by atoms with Gasteiger partial charge in [-0.15, -0.1) is 0 Å². The van der Waals surface area contributed by atoms with Gasteiger partial charge in [0.25, 0.3) is 0 Å². The standard InChI is InChI=1S/C13H25NOS/c1-10-3-4-12(7-11(10)2)14-8-13(15)5-6-16-9-13/h10-12,14-15H,3-9H2,1-2H3/t10-,11-,12+,13+/m1/s1. The van der Waals surface area contributed by atoms with Crippen LogP contribution in [0.2, 0.25) is 0 Å². The molecule has 0 aromatic carbocycles. The predicted octanol–water partition coefficient (Wildman–Crippen LogP) is 2.27. The van der Waals surface area contributed by atoms with Crippen LogP contribution in [0.4, 0.5) is 0 Å². The van der Waals surface area contributed by atoms with Gasteiger partial charge in [0, 0.05) is 18.3 Å². The summed E-state index contributed by atoms with van der Waals surface area (Å²) in [7, 11) is 0.